The minimum Gasteiger partial charge on any atom is -0.339 e. The maximum Gasteiger partial charge on any atom is 0.238 e. The second kappa shape index (κ2) is 8.60. The quantitative estimate of drug-likeness (QED) is 0.455. The highest BCUT2D eigenvalue weighted by atomic mass is 16.2. The van der Waals surface area contributed by atoms with Gasteiger partial charge < -0.3 is 10.6 Å². The summed E-state index contributed by atoms with van der Waals surface area (Å²) in [6, 6.07) is -0.570. The van der Waals surface area contributed by atoms with Gasteiger partial charge in [0, 0.05) is 6.54 Å². The molecule has 4 atom stereocenters. The van der Waals surface area contributed by atoms with Crippen LogP contribution in [0.3, 0.4) is 0 Å². The topological polar surface area (TPSA) is 94.3 Å². The van der Waals surface area contributed by atoms with Crippen LogP contribution in [0.1, 0.15) is 44.9 Å². The Kier molecular flexibility index (Phi) is 6.23. The maximum absolute atomic E-state index is 12.5. The number of carbonyl (C=O) groups is 2. The summed E-state index contributed by atoms with van der Waals surface area (Å²) in [5.74, 6) is -0.0123. The molecule has 24 heavy (non-hydrogen) atoms. The largest absolute Gasteiger partial charge is 0.339 e. The van der Waals surface area contributed by atoms with Crippen LogP contribution in [0, 0.1) is 0 Å². The molecule has 2 amide bonds. The molecular formula is C17H29N5O2. The van der Waals surface area contributed by atoms with E-state index >= 15 is 0 Å². The maximum atomic E-state index is 12.5. The van der Waals surface area contributed by atoms with Crippen molar-refractivity contribution in [2.45, 2.75) is 69.4 Å². The summed E-state index contributed by atoms with van der Waals surface area (Å²) in [4.78, 5) is 24.9. The zero-order chi connectivity index (χ0) is 16.8. The van der Waals surface area contributed by atoms with Crippen LogP contribution in [-0.4, -0.2) is 49.3 Å². The van der Waals surface area contributed by atoms with Crippen molar-refractivity contribution in [1.29, 1.82) is 0 Å². The van der Waals surface area contributed by atoms with E-state index in [1.807, 2.05) is 0 Å². The van der Waals surface area contributed by atoms with Gasteiger partial charge in [-0.15, -0.1) is 0 Å². The number of amides is 2. The van der Waals surface area contributed by atoms with Gasteiger partial charge in [-0.1, -0.05) is 12.2 Å². The average molecular weight is 335 g/mol. The Hall–Kier alpha value is -1.44. The van der Waals surface area contributed by atoms with Crippen molar-refractivity contribution >= 4 is 11.8 Å². The van der Waals surface area contributed by atoms with Crippen LogP contribution in [0.15, 0.2) is 12.2 Å². The lowest BCUT2D eigenvalue weighted by atomic mass is 9.97. The second-order valence-electron chi connectivity index (χ2n) is 6.89. The van der Waals surface area contributed by atoms with Crippen molar-refractivity contribution in [2.75, 3.05) is 13.1 Å². The Bertz CT molecular complexity index is 476. The van der Waals surface area contributed by atoms with Gasteiger partial charge in [-0.3, -0.25) is 25.5 Å². The Morgan fingerprint density at radius 1 is 0.833 bits per heavy atom. The van der Waals surface area contributed by atoms with Gasteiger partial charge in [-0.2, -0.15) is 0 Å². The molecule has 0 aliphatic carbocycles. The first-order chi connectivity index (χ1) is 11.7. The van der Waals surface area contributed by atoms with E-state index in [9.17, 15) is 9.59 Å². The Balaban J connectivity index is 1.46. The summed E-state index contributed by atoms with van der Waals surface area (Å²) in [7, 11) is 0. The summed E-state index contributed by atoms with van der Waals surface area (Å²) in [6.45, 7) is 1.74. The van der Waals surface area contributed by atoms with Gasteiger partial charge in [0.05, 0.1) is 24.4 Å². The summed E-state index contributed by atoms with van der Waals surface area (Å²) in [5.41, 5.74) is 0. The van der Waals surface area contributed by atoms with Crippen molar-refractivity contribution in [3.8, 4) is 0 Å². The van der Waals surface area contributed by atoms with E-state index in [4.69, 9.17) is 0 Å². The van der Waals surface area contributed by atoms with E-state index in [-0.39, 0.29) is 36.2 Å². The van der Waals surface area contributed by atoms with Crippen LogP contribution < -0.4 is 26.6 Å². The van der Waals surface area contributed by atoms with Gasteiger partial charge in [0.25, 0.3) is 0 Å². The molecule has 7 heteroatoms. The number of hydrogen-bond donors (Lipinski definition) is 5. The zero-order valence-corrected chi connectivity index (χ0v) is 14.1. The molecule has 3 aliphatic heterocycles. The molecule has 134 valence electrons. The van der Waals surface area contributed by atoms with Crippen LogP contribution in [0.5, 0.6) is 0 Å². The lowest BCUT2D eigenvalue weighted by Gasteiger charge is -2.33. The zero-order valence-electron chi connectivity index (χ0n) is 14.1. The molecule has 0 saturated carbocycles. The summed E-state index contributed by atoms with van der Waals surface area (Å²) in [5, 5.41) is 15.9. The normalized spacial score (nSPS) is 33.7. The van der Waals surface area contributed by atoms with Gasteiger partial charge in [0.1, 0.15) is 0 Å². The van der Waals surface area contributed by atoms with Crippen molar-refractivity contribution in [3.63, 3.8) is 0 Å². The average Bonchev–Trinajstić information content (AvgIpc) is 2.63. The first-order valence-electron chi connectivity index (χ1n) is 9.21. The predicted molar refractivity (Wildman–Crippen MR) is 92.0 cm³/mol. The van der Waals surface area contributed by atoms with Gasteiger partial charge >= 0.3 is 0 Å². The number of hydrogen-bond acceptors (Lipinski definition) is 5. The Labute approximate surface area is 143 Å². The third kappa shape index (κ3) is 4.78. The molecule has 0 aromatic rings. The summed E-state index contributed by atoms with van der Waals surface area (Å²) < 4.78 is 0. The predicted octanol–water partition coefficient (Wildman–Crippen LogP) is -0.295. The van der Waals surface area contributed by atoms with Crippen molar-refractivity contribution in [2.24, 2.45) is 0 Å². The SMILES string of the molecule is O=C(NC1CC=CCN1)C1CCCC(C(=O)NC2CCCCN2)N1. The minimum atomic E-state index is -0.290. The lowest BCUT2D eigenvalue weighted by molar-refractivity contribution is -0.128. The number of carbonyl (C=O) groups excluding carboxylic acids is 2. The first kappa shape index (κ1) is 17.4. The van der Waals surface area contributed by atoms with E-state index < -0.39 is 0 Å². The molecule has 3 aliphatic rings. The Morgan fingerprint density at radius 2 is 1.58 bits per heavy atom. The van der Waals surface area contributed by atoms with Gasteiger partial charge in [0.15, 0.2) is 0 Å². The van der Waals surface area contributed by atoms with Gasteiger partial charge in [0.2, 0.25) is 11.8 Å². The second-order valence-corrected chi connectivity index (χ2v) is 6.89. The smallest absolute Gasteiger partial charge is 0.238 e. The highest BCUT2D eigenvalue weighted by Crippen LogP contribution is 2.14. The number of rotatable bonds is 4. The van der Waals surface area contributed by atoms with E-state index in [0.29, 0.717) is 0 Å². The molecule has 5 N–H and O–H groups in total. The molecule has 0 bridgehead atoms. The number of nitrogens with one attached hydrogen (secondary N) is 5. The molecule has 0 aromatic heterocycles. The molecular weight excluding hydrogens is 306 g/mol. The molecule has 0 aromatic carbocycles. The monoisotopic (exact) mass is 335 g/mol. The van der Waals surface area contributed by atoms with Crippen molar-refractivity contribution < 1.29 is 9.59 Å². The Morgan fingerprint density at radius 3 is 2.21 bits per heavy atom. The van der Waals surface area contributed by atoms with Crippen molar-refractivity contribution in [1.82, 2.24) is 26.6 Å². The molecule has 0 radical (unpaired) electrons. The van der Waals surface area contributed by atoms with Crippen LogP contribution in [0.2, 0.25) is 0 Å². The lowest BCUT2D eigenvalue weighted by Crippen LogP contribution is -2.60. The third-order valence-electron chi connectivity index (χ3n) is 4.98. The van der Waals surface area contributed by atoms with Crippen LogP contribution in [-0.2, 0) is 9.59 Å². The van der Waals surface area contributed by atoms with E-state index in [2.05, 4.69) is 38.7 Å². The molecule has 0 spiro atoms. The molecule has 2 saturated heterocycles. The summed E-state index contributed by atoms with van der Waals surface area (Å²) >= 11 is 0. The molecule has 4 unspecified atom stereocenters. The molecule has 7 nitrogen and oxygen atoms in total. The van der Waals surface area contributed by atoms with E-state index in [1.54, 1.807) is 0 Å². The first-order valence-corrected chi connectivity index (χ1v) is 9.21. The fraction of sp³-hybridized carbons (Fsp3) is 0.765. The highest BCUT2D eigenvalue weighted by molar-refractivity contribution is 5.86. The van der Waals surface area contributed by atoms with Gasteiger partial charge in [-0.05, 0) is 51.5 Å². The van der Waals surface area contributed by atoms with Crippen LogP contribution in [0.25, 0.3) is 0 Å². The standard InChI is InChI=1S/C17H29N5O2/c23-16(21-14-8-1-3-10-18-14)12-6-5-7-13(20-12)17(24)22-15-9-2-4-11-19-15/h1,3,12-15,18-20H,2,4-11H2,(H,21,23)(H,22,24). The number of piperidine rings is 2. The summed E-state index contributed by atoms with van der Waals surface area (Å²) in [6.07, 6.45) is 10.7. The fourth-order valence-corrected chi connectivity index (χ4v) is 3.59. The minimum absolute atomic E-state index is 0.00521. The molecule has 2 fully saturated rings. The van der Waals surface area contributed by atoms with Crippen molar-refractivity contribution in [3.05, 3.63) is 12.2 Å². The molecule has 3 rings (SSSR count). The fourth-order valence-electron chi connectivity index (χ4n) is 3.59. The molecule has 3 heterocycles. The van der Waals surface area contributed by atoms with Crippen LogP contribution >= 0.6 is 0 Å². The van der Waals surface area contributed by atoms with Gasteiger partial charge in [-0.25, -0.2) is 0 Å². The van der Waals surface area contributed by atoms with Crippen LogP contribution in [0.4, 0.5) is 0 Å². The van der Waals surface area contributed by atoms with E-state index in [0.717, 1.165) is 51.6 Å². The van der Waals surface area contributed by atoms with E-state index in [1.165, 1.54) is 6.42 Å². The highest BCUT2D eigenvalue weighted by Gasteiger charge is 2.32. The third-order valence-corrected chi connectivity index (χ3v) is 4.98.